The van der Waals surface area contributed by atoms with Crippen LogP contribution >= 0.6 is 0 Å². The third-order valence-electron chi connectivity index (χ3n) is 2.56. The molecule has 0 bridgehead atoms. The summed E-state index contributed by atoms with van der Waals surface area (Å²) in [6.45, 7) is 1.85. The second kappa shape index (κ2) is 3.16. The van der Waals surface area contributed by atoms with Crippen LogP contribution in [0.25, 0.3) is 11.0 Å². The van der Waals surface area contributed by atoms with Crippen molar-refractivity contribution in [1.82, 2.24) is 9.97 Å². The number of hydrazone groups is 1. The lowest BCUT2D eigenvalue weighted by Gasteiger charge is -2.11. The highest BCUT2D eigenvalue weighted by atomic mass is 16.2. The van der Waals surface area contributed by atoms with E-state index in [1.54, 1.807) is 6.33 Å². The van der Waals surface area contributed by atoms with Gasteiger partial charge in [-0.25, -0.2) is 9.99 Å². The van der Waals surface area contributed by atoms with Gasteiger partial charge in [-0.1, -0.05) is 0 Å². The first-order chi connectivity index (χ1) is 7.74. The average Bonchev–Trinajstić information content (AvgIpc) is 2.83. The summed E-state index contributed by atoms with van der Waals surface area (Å²) >= 11 is 0. The summed E-state index contributed by atoms with van der Waals surface area (Å²) in [6.07, 6.45) is 2.04. The van der Waals surface area contributed by atoms with E-state index in [2.05, 4.69) is 15.1 Å². The Labute approximate surface area is 91.8 Å². The highest BCUT2D eigenvalue weighted by Crippen LogP contribution is 2.23. The number of carbonyl (C=O) groups is 1. The van der Waals surface area contributed by atoms with Gasteiger partial charge < -0.3 is 4.98 Å². The van der Waals surface area contributed by atoms with Crippen molar-refractivity contribution in [3.05, 3.63) is 24.5 Å². The highest BCUT2D eigenvalue weighted by Gasteiger charge is 2.22. The molecule has 0 atom stereocenters. The molecular weight excluding hydrogens is 204 g/mol. The van der Waals surface area contributed by atoms with E-state index in [0.717, 1.165) is 22.4 Å². The maximum Gasteiger partial charge on any atom is 0.253 e. The van der Waals surface area contributed by atoms with Crippen LogP contribution in [0.4, 0.5) is 5.69 Å². The van der Waals surface area contributed by atoms with Crippen LogP contribution in [-0.4, -0.2) is 21.6 Å². The van der Waals surface area contributed by atoms with Crippen molar-refractivity contribution in [3.63, 3.8) is 0 Å². The summed E-state index contributed by atoms with van der Waals surface area (Å²) in [7, 11) is 0. The average molecular weight is 214 g/mol. The Morgan fingerprint density at radius 2 is 2.31 bits per heavy atom. The second-order valence-corrected chi connectivity index (χ2v) is 3.82. The molecule has 16 heavy (non-hydrogen) atoms. The van der Waals surface area contributed by atoms with Crippen LogP contribution in [-0.2, 0) is 4.79 Å². The number of hydrogen-bond donors (Lipinski definition) is 1. The molecular formula is C11H10N4O. The van der Waals surface area contributed by atoms with E-state index in [1.807, 2.05) is 25.1 Å². The van der Waals surface area contributed by atoms with E-state index in [9.17, 15) is 4.79 Å². The van der Waals surface area contributed by atoms with Crippen LogP contribution in [0.3, 0.4) is 0 Å². The third kappa shape index (κ3) is 1.29. The van der Waals surface area contributed by atoms with Crippen LogP contribution in [0.1, 0.15) is 13.3 Å². The lowest BCUT2D eigenvalue weighted by Crippen LogP contribution is -2.19. The fourth-order valence-corrected chi connectivity index (χ4v) is 1.81. The van der Waals surface area contributed by atoms with E-state index >= 15 is 0 Å². The van der Waals surface area contributed by atoms with Gasteiger partial charge in [0.1, 0.15) is 0 Å². The van der Waals surface area contributed by atoms with Crippen LogP contribution in [0, 0.1) is 0 Å². The predicted molar refractivity (Wildman–Crippen MR) is 61.3 cm³/mol. The first-order valence-electron chi connectivity index (χ1n) is 5.04. The molecule has 1 aliphatic rings. The van der Waals surface area contributed by atoms with Gasteiger partial charge in [-0.05, 0) is 25.1 Å². The van der Waals surface area contributed by atoms with Crippen LogP contribution in [0.5, 0.6) is 0 Å². The van der Waals surface area contributed by atoms with Gasteiger partial charge in [-0.3, -0.25) is 4.79 Å². The van der Waals surface area contributed by atoms with Crippen molar-refractivity contribution in [3.8, 4) is 0 Å². The van der Waals surface area contributed by atoms with Crippen molar-refractivity contribution < 1.29 is 4.79 Å². The minimum Gasteiger partial charge on any atom is -0.345 e. The van der Waals surface area contributed by atoms with Gasteiger partial charge in [0, 0.05) is 5.71 Å². The maximum atomic E-state index is 11.6. The van der Waals surface area contributed by atoms with E-state index in [1.165, 1.54) is 5.01 Å². The number of nitrogens with zero attached hydrogens (tertiary/aromatic N) is 3. The van der Waals surface area contributed by atoms with Gasteiger partial charge in [0.05, 0.1) is 29.5 Å². The summed E-state index contributed by atoms with van der Waals surface area (Å²) in [6, 6.07) is 5.61. The topological polar surface area (TPSA) is 61.4 Å². The van der Waals surface area contributed by atoms with Gasteiger partial charge in [0.2, 0.25) is 0 Å². The predicted octanol–water partition coefficient (Wildman–Crippen LogP) is 1.68. The van der Waals surface area contributed by atoms with Gasteiger partial charge in [0.15, 0.2) is 0 Å². The molecule has 0 aliphatic carbocycles. The smallest absolute Gasteiger partial charge is 0.253 e. The minimum absolute atomic E-state index is 0.00684. The van der Waals surface area contributed by atoms with Crippen LogP contribution in [0.15, 0.2) is 29.6 Å². The number of carbonyl (C=O) groups excluding carboxylic acids is 1. The summed E-state index contributed by atoms with van der Waals surface area (Å²) in [5.41, 5.74) is 3.40. The lowest BCUT2D eigenvalue weighted by atomic mass is 10.2. The number of aromatic amines is 1. The van der Waals surface area contributed by atoms with Gasteiger partial charge in [-0.15, -0.1) is 0 Å². The van der Waals surface area contributed by atoms with E-state index < -0.39 is 0 Å². The second-order valence-electron chi connectivity index (χ2n) is 3.82. The SMILES string of the molecule is CC1=NN(c2ccc3[nH]cnc3c2)C(=O)C1. The Morgan fingerprint density at radius 1 is 1.44 bits per heavy atom. The van der Waals surface area contributed by atoms with Crippen molar-refractivity contribution in [2.45, 2.75) is 13.3 Å². The molecule has 5 nitrogen and oxygen atoms in total. The number of amides is 1. The number of aromatic nitrogens is 2. The summed E-state index contributed by atoms with van der Waals surface area (Å²) in [5.74, 6) is 0.00684. The zero-order valence-electron chi connectivity index (χ0n) is 8.77. The molecule has 1 aliphatic heterocycles. The number of rotatable bonds is 1. The monoisotopic (exact) mass is 214 g/mol. The first kappa shape index (κ1) is 9.08. The quantitative estimate of drug-likeness (QED) is 0.785. The molecule has 0 fully saturated rings. The van der Waals surface area contributed by atoms with Gasteiger partial charge in [0.25, 0.3) is 5.91 Å². The highest BCUT2D eigenvalue weighted by molar-refractivity contribution is 6.12. The molecule has 3 rings (SSSR count). The molecule has 0 saturated heterocycles. The Hall–Kier alpha value is -2.17. The number of anilines is 1. The normalized spacial score (nSPS) is 15.9. The first-order valence-corrected chi connectivity index (χ1v) is 5.04. The molecule has 1 aromatic heterocycles. The molecule has 1 aromatic carbocycles. The largest absolute Gasteiger partial charge is 0.345 e. The van der Waals surface area contributed by atoms with Crippen molar-refractivity contribution >= 4 is 28.3 Å². The molecule has 0 spiro atoms. The number of H-pyrrole nitrogens is 1. The van der Waals surface area contributed by atoms with Crippen molar-refractivity contribution in [1.29, 1.82) is 0 Å². The molecule has 2 aromatic rings. The Morgan fingerprint density at radius 3 is 3.06 bits per heavy atom. The molecule has 2 heterocycles. The Kier molecular flexibility index (Phi) is 1.80. The summed E-state index contributed by atoms with van der Waals surface area (Å²) in [5, 5.41) is 5.63. The molecule has 1 N–H and O–H groups in total. The Bertz CT molecular complexity index is 599. The molecule has 5 heteroatoms. The molecule has 0 saturated carbocycles. The fourth-order valence-electron chi connectivity index (χ4n) is 1.81. The van der Waals surface area contributed by atoms with Crippen LogP contribution < -0.4 is 5.01 Å². The molecule has 80 valence electrons. The number of imidazole rings is 1. The third-order valence-corrected chi connectivity index (χ3v) is 2.56. The number of benzene rings is 1. The zero-order valence-corrected chi connectivity index (χ0v) is 8.77. The van der Waals surface area contributed by atoms with Crippen molar-refractivity contribution in [2.24, 2.45) is 5.10 Å². The van der Waals surface area contributed by atoms with Crippen molar-refractivity contribution in [2.75, 3.05) is 5.01 Å². The maximum absolute atomic E-state index is 11.6. The molecule has 1 amide bonds. The van der Waals surface area contributed by atoms with Crippen LogP contribution in [0.2, 0.25) is 0 Å². The van der Waals surface area contributed by atoms with E-state index in [-0.39, 0.29) is 5.91 Å². The van der Waals surface area contributed by atoms with Gasteiger partial charge in [-0.2, -0.15) is 5.10 Å². The fraction of sp³-hybridized carbons (Fsp3) is 0.182. The number of fused-ring (bicyclic) bond motifs is 1. The molecule has 0 unspecified atom stereocenters. The number of nitrogens with one attached hydrogen (secondary N) is 1. The number of hydrogen-bond acceptors (Lipinski definition) is 3. The zero-order chi connectivity index (χ0) is 11.1. The van der Waals surface area contributed by atoms with E-state index in [4.69, 9.17) is 0 Å². The summed E-state index contributed by atoms with van der Waals surface area (Å²) in [4.78, 5) is 18.8. The standard InChI is InChI=1S/C11H10N4O/c1-7-4-11(16)15(14-7)8-2-3-9-10(5-8)13-6-12-9/h2-3,5-6H,4H2,1H3,(H,12,13). The van der Waals surface area contributed by atoms with E-state index in [0.29, 0.717) is 6.42 Å². The lowest BCUT2D eigenvalue weighted by molar-refractivity contribution is -0.116. The van der Waals surface area contributed by atoms with Gasteiger partial charge >= 0.3 is 0 Å². The minimum atomic E-state index is 0.00684. The molecule has 0 radical (unpaired) electrons. The Balaban J connectivity index is 2.08. The summed E-state index contributed by atoms with van der Waals surface area (Å²) < 4.78 is 0.